The zero-order chi connectivity index (χ0) is 13.5. The molecule has 0 radical (unpaired) electrons. The number of rotatable bonds is 7. The molecule has 1 aromatic carbocycles. The van der Waals surface area contributed by atoms with Crippen molar-refractivity contribution in [1.82, 2.24) is 0 Å². The fourth-order valence-electron chi connectivity index (χ4n) is 1.54. The maximum Gasteiger partial charge on any atom is 0.127 e. The Morgan fingerprint density at radius 1 is 1.22 bits per heavy atom. The summed E-state index contributed by atoms with van der Waals surface area (Å²) in [7, 11) is 0. The molecule has 0 aromatic heterocycles. The first-order valence-corrected chi connectivity index (χ1v) is 6.26. The van der Waals surface area contributed by atoms with Gasteiger partial charge in [0.2, 0.25) is 0 Å². The Balaban J connectivity index is 2.48. The predicted octanol–water partition coefficient (Wildman–Crippen LogP) is 2.90. The van der Waals surface area contributed by atoms with Gasteiger partial charge in [-0.3, -0.25) is 0 Å². The first kappa shape index (κ1) is 14.9. The monoisotopic (exact) mass is 255 g/mol. The van der Waals surface area contributed by atoms with Gasteiger partial charge in [0.1, 0.15) is 18.2 Å². The molecule has 0 saturated carbocycles. The molecule has 0 heterocycles. The Morgan fingerprint density at radius 2 is 1.94 bits per heavy atom. The van der Waals surface area contributed by atoms with Gasteiger partial charge in [-0.15, -0.1) is 0 Å². The van der Waals surface area contributed by atoms with E-state index < -0.39 is 0 Å². The number of hydrogen-bond donors (Lipinski definition) is 1. The lowest BCUT2D eigenvalue weighted by Crippen LogP contribution is -2.13. The fraction of sp³-hybridized carbons (Fsp3) is 0.571. The highest BCUT2D eigenvalue weighted by atomic mass is 19.1. The summed E-state index contributed by atoms with van der Waals surface area (Å²) < 4.78 is 24.1. The average molecular weight is 255 g/mol. The molecule has 0 amide bonds. The third kappa shape index (κ3) is 5.02. The molecule has 4 heteroatoms. The first-order valence-electron chi connectivity index (χ1n) is 6.26. The van der Waals surface area contributed by atoms with Crippen molar-refractivity contribution >= 4 is 0 Å². The van der Waals surface area contributed by atoms with E-state index in [1.807, 2.05) is 6.92 Å². The summed E-state index contributed by atoms with van der Waals surface area (Å²) in [6, 6.07) is 4.23. The van der Waals surface area contributed by atoms with Crippen LogP contribution in [0.5, 0.6) is 5.75 Å². The SMILES string of the molecule is CC(C)COCCOc1cc(F)ccc1[C@@H](C)N. The van der Waals surface area contributed by atoms with Crippen LogP contribution in [0.2, 0.25) is 0 Å². The summed E-state index contributed by atoms with van der Waals surface area (Å²) >= 11 is 0. The Bertz CT molecular complexity index is 367. The average Bonchev–Trinajstić information content (AvgIpc) is 2.27. The van der Waals surface area contributed by atoms with E-state index in [1.54, 1.807) is 6.07 Å². The number of benzene rings is 1. The van der Waals surface area contributed by atoms with Gasteiger partial charge in [0.05, 0.1) is 6.61 Å². The molecule has 102 valence electrons. The van der Waals surface area contributed by atoms with E-state index in [2.05, 4.69) is 13.8 Å². The second kappa shape index (κ2) is 7.34. The molecule has 1 aromatic rings. The molecule has 1 atom stereocenters. The van der Waals surface area contributed by atoms with Crippen molar-refractivity contribution in [2.24, 2.45) is 11.7 Å². The van der Waals surface area contributed by atoms with Crippen molar-refractivity contribution in [2.45, 2.75) is 26.8 Å². The summed E-state index contributed by atoms with van der Waals surface area (Å²) in [6.07, 6.45) is 0. The van der Waals surface area contributed by atoms with Crippen molar-refractivity contribution in [3.63, 3.8) is 0 Å². The van der Waals surface area contributed by atoms with Crippen molar-refractivity contribution in [3.8, 4) is 5.75 Å². The summed E-state index contributed by atoms with van der Waals surface area (Å²) in [6.45, 7) is 7.61. The van der Waals surface area contributed by atoms with Crippen LogP contribution in [0, 0.1) is 11.7 Å². The molecule has 0 aliphatic carbocycles. The maximum absolute atomic E-state index is 13.1. The van der Waals surface area contributed by atoms with Crippen LogP contribution in [0.25, 0.3) is 0 Å². The Labute approximate surface area is 108 Å². The van der Waals surface area contributed by atoms with Crippen LogP contribution in [-0.4, -0.2) is 19.8 Å². The second-order valence-electron chi connectivity index (χ2n) is 4.79. The molecule has 3 nitrogen and oxygen atoms in total. The minimum atomic E-state index is -0.322. The lowest BCUT2D eigenvalue weighted by atomic mass is 10.1. The van der Waals surface area contributed by atoms with Gasteiger partial charge in [-0.1, -0.05) is 19.9 Å². The van der Waals surface area contributed by atoms with Gasteiger partial charge < -0.3 is 15.2 Å². The van der Waals surface area contributed by atoms with E-state index in [1.165, 1.54) is 12.1 Å². The molecule has 0 saturated heterocycles. The van der Waals surface area contributed by atoms with Crippen LogP contribution in [0.1, 0.15) is 32.4 Å². The van der Waals surface area contributed by atoms with E-state index in [0.717, 1.165) is 5.56 Å². The minimum absolute atomic E-state index is 0.183. The van der Waals surface area contributed by atoms with Gasteiger partial charge in [-0.25, -0.2) is 4.39 Å². The van der Waals surface area contributed by atoms with E-state index in [9.17, 15) is 4.39 Å². The molecule has 2 N–H and O–H groups in total. The normalized spacial score (nSPS) is 12.8. The van der Waals surface area contributed by atoms with Crippen molar-refractivity contribution in [1.29, 1.82) is 0 Å². The van der Waals surface area contributed by atoms with E-state index in [4.69, 9.17) is 15.2 Å². The third-order valence-electron chi connectivity index (χ3n) is 2.40. The maximum atomic E-state index is 13.1. The molecule has 0 fully saturated rings. The fourth-order valence-corrected chi connectivity index (χ4v) is 1.54. The van der Waals surface area contributed by atoms with Gasteiger partial charge >= 0.3 is 0 Å². The number of ether oxygens (including phenoxy) is 2. The third-order valence-corrected chi connectivity index (χ3v) is 2.40. The Morgan fingerprint density at radius 3 is 2.56 bits per heavy atom. The van der Waals surface area contributed by atoms with Gasteiger partial charge in [0.15, 0.2) is 0 Å². The highest BCUT2D eigenvalue weighted by Crippen LogP contribution is 2.24. The summed E-state index contributed by atoms with van der Waals surface area (Å²) in [4.78, 5) is 0. The highest BCUT2D eigenvalue weighted by Gasteiger charge is 2.09. The molecule has 0 unspecified atom stereocenters. The molecule has 0 aliphatic heterocycles. The zero-order valence-electron chi connectivity index (χ0n) is 11.3. The highest BCUT2D eigenvalue weighted by molar-refractivity contribution is 5.36. The summed E-state index contributed by atoms with van der Waals surface area (Å²) in [5, 5.41) is 0. The lowest BCUT2D eigenvalue weighted by Gasteiger charge is -2.14. The van der Waals surface area contributed by atoms with E-state index in [0.29, 0.717) is 31.5 Å². The lowest BCUT2D eigenvalue weighted by molar-refractivity contribution is 0.0814. The quantitative estimate of drug-likeness (QED) is 0.762. The molecular formula is C14H22FNO2. The van der Waals surface area contributed by atoms with Crippen LogP contribution in [0.4, 0.5) is 4.39 Å². The molecule has 0 aliphatic rings. The summed E-state index contributed by atoms with van der Waals surface area (Å²) in [5.41, 5.74) is 6.61. The molecule has 0 spiro atoms. The van der Waals surface area contributed by atoms with E-state index >= 15 is 0 Å². The second-order valence-corrected chi connectivity index (χ2v) is 4.79. The van der Waals surface area contributed by atoms with Gasteiger partial charge in [0, 0.05) is 24.3 Å². The number of hydrogen-bond acceptors (Lipinski definition) is 3. The first-order chi connectivity index (χ1) is 8.50. The topological polar surface area (TPSA) is 44.5 Å². The van der Waals surface area contributed by atoms with Gasteiger partial charge in [0.25, 0.3) is 0 Å². The standard InChI is InChI=1S/C14H22FNO2/c1-10(2)9-17-6-7-18-14-8-12(15)4-5-13(14)11(3)16/h4-5,8,10-11H,6-7,9,16H2,1-3H3/t11-/m1/s1. The van der Waals surface area contributed by atoms with Crippen molar-refractivity contribution in [3.05, 3.63) is 29.6 Å². The van der Waals surface area contributed by atoms with E-state index in [-0.39, 0.29) is 11.9 Å². The van der Waals surface area contributed by atoms with Crippen LogP contribution < -0.4 is 10.5 Å². The minimum Gasteiger partial charge on any atom is -0.491 e. The molecule has 18 heavy (non-hydrogen) atoms. The molecule has 0 bridgehead atoms. The van der Waals surface area contributed by atoms with Crippen molar-refractivity contribution < 1.29 is 13.9 Å². The van der Waals surface area contributed by atoms with Gasteiger partial charge in [-0.05, 0) is 18.9 Å². The predicted molar refractivity (Wildman–Crippen MR) is 70.2 cm³/mol. The summed E-state index contributed by atoms with van der Waals surface area (Å²) in [5.74, 6) is 0.675. The molecule has 1 rings (SSSR count). The Hall–Kier alpha value is -1.13. The largest absolute Gasteiger partial charge is 0.491 e. The van der Waals surface area contributed by atoms with Crippen LogP contribution in [0.15, 0.2) is 18.2 Å². The number of nitrogens with two attached hydrogens (primary N) is 1. The van der Waals surface area contributed by atoms with Crippen LogP contribution in [0.3, 0.4) is 0 Å². The number of halogens is 1. The zero-order valence-corrected chi connectivity index (χ0v) is 11.3. The van der Waals surface area contributed by atoms with Crippen LogP contribution in [-0.2, 0) is 4.74 Å². The van der Waals surface area contributed by atoms with Crippen molar-refractivity contribution in [2.75, 3.05) is 19.8 Å². The Kier molecular flexibility index (Phi) is 6.09. The smallest absolute Gasteiger partial charge is 0.127 e. The van der Waals surface area contributed by atoms with Gasteiger partial charge in [-0.2, -0.15) is 0 Å². The van der Waals surface area contributed by atoms with Crippen LogP contribution >= 0.6 is 0 Å². The molecular weight excluding hydrogens is 233 g/mol.